The van der Waals surface area contributed by atoms with Crippen molar-refractivity contribution in [3.63, 3.8) is 0 Å². The van der Waals surface area contributed by atoms with Crippen LogP contribution in [0.3, 0.4) is 0 Å². The number of nitrogens with zero attached hydrogens (tertiary/aromatic N) is 2. The highest BCUT2D eigenvalue weighted by atomic mass is 32.2. The molecule has 0 saturated carbocycles. The number of fused-ring (bicyclic) bond motifs is 2. The van der Waals surface area contributed by atoms with Crippen LogP contribution in [-0.4, -0.2) is 31.3 Å². The first-order valence-corrected chi connectivity index (χ1v) is 11.3. The number of benzene rings is 1. The van der Waals surface area contributed by atoms with Crippen molar-refractivity contribution in [2.75, 3.05) is 13.2 Å². The molecule has 0 unspecified atom stereocenters. The number of nitrogens with one attached hydrogen (secondary N) is 1. The molecule has 0 fully saturated rings. The first-order chi connectivity index (χ1) is 13.1. The molecule has 1 aromatic carbocycles. The van der Waals surface area contributed by atoms with Crippen molar-refractivity contribution < 1.29 is 13.2 Å². The fourth-order valence-electron chi connectivity index (χ4n) is 4.08. The lowest BCUT2D eigenvalue weighted by Crippen LogP contribution is -2.26. The summed E-state index contributed by atoms with van der Waals surface area (Å²) < 4.78 is 35.7. The van der Waals surface area contributed by atoms with Gasteiger partial charge in [-0.3, -0.25) is 4.68 Å². The minimum absolute atomic E-state index is 0.342. The topological polar surface area (TPSA) is 73.2 Å². The maximum atomic E-state index is 12.7. The Morgan fingerprint density at radius 2 is 2.07 bits per heavy atom. The summed E-state index contributed by atoms with van der Waals surface area (Å²) in [7, 11) is -3.49. The Kier molecular flexibility index (Phi) is 5.34. The Hall–Kier alpha value is -1.70. The SMILES string of the molecule is CCCn1nc(CCNS(=O)(=O)c2ccc3c(c2)CCC3)c2c1CCOC2. The first kappa shape index (κ1) is 18.7. The molecule has 0 radical (unpaired) electrons. The fourth-order valence-corrected chi connectivity index (χ4v) is 5.16. The van der Waals surface area contributed by atoms with Crippen molar-refractivity contribution in [3.05, 3.63) is 46.3 Å². The monoisotopic (exact) mass is 389 g/mol. The summed E-state index contributed by atoms with van der Waals surface area (Å²) in [5.74, 6) is 0. The highest BCUT2D eigenvalue weighted by molar-refractivity contribution is 7.89. The average Bonchev–Trinajstić information content (AvgIpc) is 3.27. The molecule has 1 N–H and O–H groups in total. The third kappa shape index (κ3) is 3.81. The van der Waals surface area contributed by atoms with Crippen LogP contribution in [0.2, 0.25) is 0 Å². The molecule has 2 heterocycles. The van der Waals surface area contributed by atoms with E-state index < -0.39 is 10.0 Å². The van der Waals surface area contributed by atoms with E-state index in [-0.39, 0.29) is 0 Å². The first-order valence-electron chi connectivity index (χ1n) is 9.85. The highest BCUT2D eigenvalue weighted by Gasteiger charge is 2.22. The van der Waals surface area contributed by atoms with E-state index in [1.54, 1.807) is 6.07 Å². The van der Waals surface area contributed by atoms with Crippen LogP contribution in [-0.2, 0) is 53.6 Å². The van der Waals surface area contributed by atoms with Crippen LogP contribution < -0.4 is 4.72 Å². The van der Waals surface area contributed by atoms with Crippen molar-refractivity contribution in [1.29, 1.82) is 0 Å². The van der Waals surface area contributed by atoms with Gasteiger partial charge in [-0.1, -0.05) is 13.0 Å². The lowest BCUT2D eigenvalue weighted by molar-refractivity contribution is 0.108. The summed E-state index contributed by atoms with van der Waals surface area (Å²) in [6.07, 6.45) is 5.62. The largest absolute Gasteiger partial charge is 0.376 e. The molecule has 0 spiro atoms. The van der Waals surface area contributed by atoms with Gasteiger partial charge in [-0.2, -0.15) is 5.10 Å². The molecule has 1 aromatic heterocycles. The summed E-state index contributed by atoms with van der Waals surface area (Å²) in [6, 6.07) is 5.51. The van der Waals surface area contributed by atoms with Crippen LogP contribution in [0.1, 0.15) is 47.8 Å². The lowest BCUT2D eigenvalue weighted by atomic mass is 10.1. The zero-order valence-electron chi connectivity index (χ0n) is 15.8. The van der Waals surface area contributed by atoms with Crippen LogP contribution in [0.25, 0.3) is 0 Å². The van der Waals surface area contributed by atoms with Crippen molar-refractivity contribution in [3.8, 4) is 0 Å². The summed E-state index contributed by atoms with van der Waals surface area (Å²) >= 11 is 0. The molecule has 27 heavy (non-hydrogen) atoms. The normalized spacial score (nSPS) is 16.3. The van der Waals surface area contributed by atoms with Gasteiger partial charge in [-0.25, -0.2) is 13.1 Å². The van der Waals surface area contributed by atoms with Crippen LogP contribution in [0.5, 0.6) is 0 Å². The quantitative estimate of drug-likeness (QED) is 0.789. The number of hydrogen-bond donors (Lipinski definition) is 1. The molecule has 1 aliphatic carbocycles. The summed E-state index contributed by atoms with van der Waals surface area (Å²) in [6.45, 7) is 4.68. The second-order valence-electron chi connectivity index (χ2n) is 7.33. The maximum Gasteiger partial charge on any atom is 0.240 e. The van der Waals surface area contributed by atoms with Gasteiger partial charge in [0.15, 0.2) is 0 Å². The number of rotatable bonds is 7. The molecule has 146 valence electrons. The smallest absolute Gasteiger partial charge is 0.240 e. The Balaban J connectivity index is 1.45. The van der Waals surface area contributed by atoms with Gasteiger partial charge in [0, 0.05) is 37.2 Å². The average molecular weight is 390 g/mol. The molecule has 1 aliphatic heterocycles. The molecule has 0 amide bonds. The van der Waals surface area contributed by atoms with Gasteiger partial charge >= 0.3 is 0 Å². The molecule has 2 aliphatic rings. The van der Waals surface area contributed by atoms with Gasteiger partial charge < -0.3 is 4.74 Å². The van der Waals surface area contributed by atoms with E-state index in [0.29, 0.717) is 24.5 Å². The molecule has 6 nitrogen and oxygen atoms in total. The number of ether oxygens (including phenoxy) is 1. The van der Waals surface area contributed by atoms with Gasteiger partial charge in [-0.15, -0.1) is 0 Å². The Bertz CT molecular complexity index is 934. The summed E-state index contributed by atoms with van der Waals surface area (Å²) in [5, 5.41) is 4.72. The number of aryl methyl sites for hydroxylation is 3. The van der Waals surface area contributed by atoms with Crippen molar-refractivity contribution >= 4 is 10.0 Å². The molecular formula is C20H27N3O3S. The van der Waals surface area contributed by atoms with Gasteiger partial charge in [0.2, 0.25) is 10.0 Å². The van der Waals surface area contributed by atoms with Crippen molar-refractivity contribution in [1.82, 2.24) is 14.5 Å². The van der Waals surface area contributed by atoms with Crippen LogP contribution in [0, 0.1) is 0 Å². The van der Waals surface area contributed by atoms with Crippen molar-refractivity contribution in [2.24, 2.45) is 0 Å². The molecule has 0 bridgehead atoms. The molecule has 7 heteroatoms. The van der Waals surface area contributed by atoms with E-state index in [4.69, 9.17) is 9.84 Å². The standard InChI is InChI=1S/C20H27N3O3S/c1-2-11-23-20-9-12-26-14-18(20)19(22-23)8-10-21-27(24,25)17-7-6-15-4-3-5-16(15)13-17/h6-7,13,21H,2-5,8-12,14H2,1H3. The third-order valence-corrected chi connectivity index (χ3v) is 6.91. The van der Waals surface area contributed by atoms with Crippen molar-refractivity contribution in [2.45, 2.75) is 63.5 Å². The van der Waals surface area contributed by atoms with E-state index in [0.717, 1.165) is 56.5 Å². The molecule has 2 aromatic rings. The molecular weight excluding hydrogens is 362 g/mol. The van der Waals surface area contributed by atoms with E-state index in [9.17, 15) is 8.42 Å². The Morgan fingerprint density at radius 3 is 2.93 bits per heavy atom. The minimum Gasteiger partial charge on any atom is -0.376 e. The van der Waals surface area contributed by atoms with E-state index in [2.05, 4.69) is 16.3 Å². The molecule has 0 saturated heterocycles. The van der Waals surface area contributed by atoms with E-state index in [1.807, 2.05) is 12.1 Å². The Morgan fingerprint density at radius 1 is 1.22 bits per heavy atom. The Labute approximate surface area is 161 Å². The maximum absolute atomic E-state index is 12.7. The fraction of sp³-hybridized carbons (Fsp3) is 0.550. The predicted molar refractivity (Wildman–Crippen MR) is 103 cm³/mol. The summed E-state index contributed by atoms with van der Waals surface area (Å²) in [4.78, 5) is 0.366. The number of sulfonamides is 1. The van der Waals surface area contributed by atoms with E-state index in [1.165, 1.54) is 16.8 Å². The zero-order valence-corrected chi connectivity index (χ0v) is 16.6. The van der Waals surface area contributed by atoms with Gasteiger partial charge in [0.05, 0.1) is 23.8 Å². The van der Waals surface area contributed by atoms with Gasteiger partial charge in [0.25, 0.3) is 0 Å². The molecule has 0 atom stereocenters. The zero-order chi connectivity index (χ0) is 18.9. The van der Waals surface area contributed by atoms with Crippen LogP contribution in [0.15, 0.2) is 23.1 Å². The second kappa shape index (κ2) is 7.73. The minimum atomic E-state index is -3.49. The number of hydrogen-bond acceptors (Lipinski definition) is 4. The summed E-state index contributed by atoms with van der Waals surface area (Å²) in [5.41, 5.74) is 5.80. The number of aromatic nitrogens is 2. The third-order valence-electron chi connectivity index (χ3n) is 5.45. The predicted octanol–water partition coefficient (Wildman–Crippen LogP) is 2.38. The molecule has 4 rings (SSSR count). The highest BCUT2D eigenvalue weighted by Crippen LogP contribution is 2.25. The van der Waals surface area contributed by atoms with Crippen LogP contribution in [0.4, 0.5) is 0 Å². The van der Waals surface area contributed by atoms with Crippen LogP contribution >= 0.6 is 0 Å². The van der Waals surface area contributed by atoms with E-state index >= 15 is 0 Å². The lowest BCUT2D eigenvalue weighted by Gasteiger charge is -2.15. The van der Waals surface area contributed by atoms with Gasteiger partial charge in [-0.05, 0) is 48.9 Å². The van der Waals surface area contributed by atoms with Gasteiger partial charge in [0.1, 0.15) is 0 Å². The second-order valence-corrected chi connectivity index (χ2v) is 9.10.